The zero-order valence-electron chi connectivity index (χ0n) is 10.9. The Labute approximate surface area is 104 Å². The van der Waals surface area contributed by atoms with Gasteiger partial charge in [0.25, 0.3) is 0 Å². The molecule has 2 heteroatoms. The van der Waals surface area contributed by atoms with Crippen molar-refractivity contribution in [1.82, 2.24) is 0 Å². The van der Waals surface area contributed by atoms with Gasteiger partial charge in [-0.15, -0.1) is 0 Å². The Kier molecular flexibility index (Phi) is 4.06. The topological polar surface area (TPSA) is 23.5 Å². The lowest BCUT2D eigenvalue weighted by molar-refractivity contribution is 0.263. The lowest BCUT2D eigenvalue weighted by Gasteiger charge is -2.19. The van der Waals surface area contributed by atoms with Crippen LogP contribution in [0.4, 0.5) is 5.69 Å². The summed E-state index contributed by atoms with van der Waals surface area (Å²) in [7, 11) is 0. The van der Waals surface area contributed by atoms with Gasteiger partial charge in [-0.25, -0.2) is 0 Å². The van der Waals surface area contributed by atoms with Gasteiger partial charge < -0.3 is 10.0 Å². The first kappa shape index (κ1) is 12.4. The van der Waals surface area contributed by atoms with Crippen LogP contribution in [0.2, 0.25) is 0 Å². The zero-order valence-corrected chi connectivity index (χ0v) is 10.9. The molecule has 1 aliphatic heterocycles. The standard InChI is InChI=1S/C15H23NO/c1-12(2)14-3-5-15(6-4-14)16-9-7-13(11-16)8-10-17/h3-6,12-13,17H,7-11H2,1-2H3. The fraction of sp³-hybridized carbons (Fsp3) is 0.600. The Morgan fingerprint density at radius 3 is 2.59 bits per heavy atom. The van der Waals surface area contributed by atoms with E-state index in [4.69, 9.17) is 5.11 Å². The molecule has 1 unspecified atom stereocenters. The highest BCUT2D eigenvalue weighted by Gasteiger charge is 2.21. The van der Waals surface area contributed by atoms with Crippen molar-refractivity contribution in [1.29, 1.82) is 0 Å². The van der Waals surface area contributed by atoms with Crippen LogP contribution in [0.25, 0.3) is 0 Å². The third kappa shape index (κ3) is 3.01. The minimum atomic E-state index is 0.324. The molecule has 0 radical (unpaired) electrons. The minimum absolute atomic E-state index is 0.324. The zero-order chi connectivity index (χ0) is 12.3. The maximum absolute atomic E-state index is 8.96. The number of aliphatic hydroxyl groups is 1. The molecule has 1 heterocycles. The summed E-state index contributed by atoms with van der Waals surface area (Å²) < 4.78 is 0. The number of hydrogen-bond acceptors (Lipinski definition) is 2. The average molecular weight is 233 g/mol. The lowest BCUT2D eigenvalue weighted by atomic mass is 10.0. The molecule has 1 aromatic rings. The lowest BCUT2D eigenvalue weighted by Crippen LogP contribution is -2.19. The highest BCUT2D eigenvalue weighted by atomic mass is 16.3. The molecule has 1 aromatic carbocycles. The number of benzene rings is 1. The molecule has 1 saturated heterocycles. The van der Waals surface area contributed by atoms with Gasteiger partial charge in [0.2, 0.25) is 0 Å². The molecule has 17 heavy (non-hydrogen) atoms. The summed E-state index contributed by atoms with van der Waals surface area (Å²) in [6, 6.07) is 8.94. The number of anilines is 1. The summed E-state index contributed by atoms with van der Waals surface area (Å²) in [5, 5.41) is 8.96. The first-order valence-electron chi connectivity index (χ1n) is 6.66. The SMILES string of the molecule is CC(C)c1ccc(N2CCC(CCO)C2)cc1. The van der Waals surface area contributed by atoms with E-state index in [9.17, 15) is 0 Å². The van der Waals surface area contributed by atoms with Crippen molar-refractivity contribution in [2.75, 3.05) is 24.6 Å². The normalized spacial score (nSPS) is 20.2. The minimum Gasteiger partial charge on any atom is -0.396 e. The molecule has 0 bridgehead atoms. The Hall–Kier alpha value is -1.02. The Bertz CT molecular complexity index is 344. The fourth-order valence-electron chi connectivity index (χ4n) is 2.56. The second-order valence-electron chi connectivity index (χ2n) is 5.36. The van der Waals surface area contributed by atoms with Gasteiger partial charge >= 0.3 is 0 Å². The van der Waals surface area contributed by atoms with Crippen LogP contribution in [-0.4, -0.2) is 24.8 Å². The summed E-state index contributed by atoms with van der Waals surface area (Å²) in [5.41, 5.74) is 2.73. The van der Waals surface area contributed by atoms with Crippen LogP contribution in [0.1, 0.15) is 38.2 Å². The van der Waals surface area contributed by atoms with Crippen LogP contribution in [-0.2, 0) is 0 Å². The molecule has 0 saturated carbocycles. The molecule has 0 aliphatic carbocycles. The molecule has 1 aliphatic rings. The van der Waals surface area contributed by atoms with Crippen molar-refractivity contribution in [2.45, 2.75) is 32.6 Å². The van der Waals surface area contributed by atoms with Crippen LogP contribution >= 0.6 is 0 Å². The molecule has 2 rings (SSSR count). The predicted molar refractivity (Wildman–Crippen MR) is 72.6 cm³/mol. The van der Waals surface area contributed by atoms with Crippen molar-refractivity contribution in [3.8, 4) is 0 Å². The van der Waals surface area contributed by atoms with E-state index in [0.29, 0.717) is 18.4 Å². The van der Waals surface area contributed by atoms with E-state index in [2.05, 4.69) is 43.0 Å². The average Bonchev–Trinajstić information content (AvgIpc) is 2.78. The van der Waals surface area contributed by atoms with Gasteiger partial charge in [0, 0.05) is 25.4 Å². The molecule has 0 amide bonds. The van der Waals surface area contributed by atoms with Crippen LogP contribution in [0, 0.1) is 5.92 Å². The van der Waals surface area contributed by atoms with Gasteiger partial charge in [-0.2, -0.15) is 0 Å². The Balaban J connectivity index is 1.99. The smallest absolute Gasteiger partial charge is 0.0434 e. The molecule has 0 spiro atoms. The molecule has 0 aromatic heterocycles. The predicted octanol–water partition coefficient (Wildman–Crippen LogP) is 3.02. The van der Waals surface area contributed by atoms with Crippen LogP contribution in [0.5, 0.6) is 0 Å². The van der Waals surface area contributed by atoms with Gasteiger partial charge in [0.15, 0.2) is 0 Å². The van der Waals surface area contributed by atoms with E-state index in [1.807, 2.05) is 0 Å². The molecule has 2 nitrogen and oxygen atoms in total. The van der Waals surface area contributed by atoms with Crippen molar-refractivity contribution in [3.63, 3.8) is 0 Å². The van der Waals surface area contributed by atoms with Crippen LogP contribution < -0.4 is 4.90 Å². The molecular formula is C15H23NO. The summed E-state index contributed by atoms with van der Waals surface area (Å²) in [4.78, 5) is 2.43. The van der Waals surface area contributed by atoms with E-state index in [0.717, 1.165) is 19.5 Å². The van der Waals surface area contributed by atoms with Gasteiger partial charge in [0.1, 0.15) is 0 Å². The number of aliphatic hydroxyl groups excluding tert-OH is 1. The van der Waals surface area contributed by atoms with E-state index < -0.39 is 0 Å². The van der Waals surface area contributed by atoms with Crippen LogP contribution in [0.3, 0.4) is 0 Å². The van der Waals surface area contributed by atoms with E-state index in [1.165, 1.54) is 17.7 Å². The summed E-state index contributed by atoms with van der Waals surface area (Å²) >= 11 is 0. The second-order valence-corrected chi connectivity index (χ2v) is 5.36. The van der Waals surface area contributed by atoms with Crippen molar-refractivity contribution < 1.29 is 5.11 Å². The summed E-state index contributed by atoms with van der Waals surface area (Å²) in [6.07, 6.45) is 2.16. The molecule has 1 fully saturated rings. The van der Waals surface area contributed by atoms with Crippen molar-refractivity contribution >= 4 is 5.69 Å². The van der Waals surface area contributed by atoms with Crippen LogP contribution in [0.15, 0.2) is 24.3 Å². The molecule has 1 N–H and O–H groups in total. The molecule has 94 valence electrons. The Morgan fingerprint density at radius 1 is 1.29 bits per heavy atom. The second kappa shape index (κ2) is 5.54. The summed E-state index contributed by atoms with van der Waals surface area (Å²) in [6.45, 7) is 7.00. The quantitative estimate of drug-likeness (QED) is 0.864. The maximum Gasteiger partial charge on any atom is 0.0434 e. The third-order valence-electron chi connectivity index (χ3n) is 3.75. The van der Waals surface area contributed by atoms with Gasteiger partial charge in [0.05, 0.1) is 0 Å². The van der Waals surface area contributed by atoms with E-state index >= 15 is 0 Å². The first-order chi connectivity index (χ1) is 8.20. The molecular weight excluding hydrogens is 210 g/mol. The van der Waals surface area contributed by atoms with E-state index in [-0.39, 0.29) is 0 Å². The number of rotatable bonds is 4. The van der Waals surface area contributed by atoms with Crippen molar-refractivity contribution in [2.24, 2.45) is 5.92 Å². The number of hydrogen-bond donors (Lipinski definition) is 1. The van der Waals surface area contributed by atoms with Gasteiger partial charge in [-0.05, 0) is 42.4 Å². The largest absolute Gasteiger partial charge is 0.396 e. The molecule has 1 atom stereocenters. The monoisotopic (exact) mass is 233 g/mol. The summed E-state index contributed by atoms with van der Waals surface area (Å²) in [5.74, 6) is 1.27. The highest BCUT2D eigenvalue weighted by Crippen LogP contribution is 2.26. The fourth-order valence-corrected chi connectivity index (χ4v) is 2.56. The van der Waals surface area contributed by atoms with Crippen molar-refractivity contribution in [3.05, 3.63) is 29.8 Å². The van der Waals surface area contributed by atoms with Gasteiger partial charge in [-0.3, -0.25) is 0 Å². The van der Waals surface area contributed by atoms with Gasteiger partial charge in [-0.1, -0.05) is 26.0 Å². The first-order valence-corrected chi connectivity index (χ1v) is 6.66. The highest BCUT2D eigenvalue weighted by molar-refractivity contribution is 5.48. The Morgan fingerprint density at radius 2 is 2.00 bits per heavy atom. The number of nitrogens with zero attached hydrogens (tertiary/aromatic N) is 1. The van der Waals surface area contributed by atoms with E-state index in [1.54, 1.807) is 0 Å². The third-order valence-corrected chi connectivity index (χ3v) is 3.75. The maximum atomic E-state index is 8.96.